The highest BCUT2D eigenvalue weighted by atomic mass is 19.2. The van der Waals surface area contributed by atoms with Gasteiger partial charge in [0.1, 0.15) is 6.04 Å². The fourth-order valence-corrected chi connectivity index (χ4v) is 2.31. The first-order valence-corrected chi connectivity index (χ1v) is 5.79. The van der Waals surface area contributed by atoms with E-state index in [0.717, 1.165) is 6.42 Å². The fourth-order valence-electron chi connectivity index (χ4n) is 2.31. The molecule has 0 aromatic heterocycles. The number of nitrogens with two attached hydrogens (primary N) is 2. The van der Waals surface area contributed by atoms with Crippen LogP contribution in [0.4, 0.5) is 14.5 Å². The van der Waals surface area contributed by atoms with Crippen LogP contribution in [-0.4, -0.2) is 18.5 Å². The summed E-state index contributed by atoms with van der Waals surface area (Å²) in [6.45, 7) is 0.425. The molecule has 6 heteroatoms. The normalized spacial score (nSPS) is 19.3. The highest BCUT2D eigenvalue weighted by Gasteiger charge is 2.31. The van der Waals surface area contributed by atoms with E-state index in [0.29, 0.717) is 13.0 Å². The smallest absolute Gasteiger partial charge is 0.240 e. The monoisotopic (exact) mass is 255 g/mol. The van der Waals surface area contributed by atoms with Crippen molar-refractivity contribution in [2.45, 2.75) is 25.4 Å². The maximum absolute atomic E-state index is 13.9. The molecule has 1 amide bonds. The highest BCUT2D eigenvalue weighted by molar-refractivity contribution is 5.84. The Bertz CT molecular complexity index is 479. The Balaban J connectivity index is 2.39. The number of anilines is 1. The second-order valence-corrected chi connectivity index (χ2v) is 4.33. The summed E-state index contributed by atoms with van der Waals surface area (Å²) in [4.78, 5) is 12.8. The minimum absolute atomic E-state index is 0.0672. The molecule has 1 aliphatic heterocycles. The van der Waals surface area contributed by atoms with Crippen LogP contribution >= 0.6 is 0 Å². The van der Waals surface area contributed by atoms with Crippen molar-refractivity contribution in [1.29, 1.82) is 0 Å². The van der Waals surface area contributed by atoms with Gasteiger partial charge in [0.15, 0.2) is 11.6 Å². The third-order valence-electron chi connectivity index (χ3n) is 3.25. The van der Waals surface area contributed by atoms with Crippen LogP contribution in [0.5, 0.6) is 0 Å². The van der Waals surface area contributed by atoms with Crippen LogP contribution in [0.15, 0.2) is 12.1 Å². The standard InChI is InChI=1S/C12H15F2N3O/c13-10-7(6-15)3-4-8(11(10)14)17-5-1-2-9(17)12(16)18/h3-4,9H,1-2,5-6,15H2,(H2,16,18). The van der Waals surface area contributed by atoms with Gasteiger partial charge >= 0.3 is 0 Å². The molecule has 1 aliphatic rings. The zero-order chi connectivity index (χ0) is 13.3. The molecule has 1 atom stereocenters. The van der Waals surface area contributed by atoms with Gasteiger partial charge in [-0.25, -0.2) is 8.78 Å². The van der Waals surface area contributed by atoms with E-state index >= 15 is 0 Å². The topological polar surface area (TPSA) is 72.3 Å². The Hall–Kier alpha value is -1.69. The number of halogens is 2. The van der Waals surface area contributed by atoms with Gasteiger partial charge in [-0.3, -0.25) is 4.79 Å². The van der Waals surface area contributed by atoms with Crippen LogP contribution in [-0.2, 0) is 11.3 Å². The molecule has 2 rings (SSSR count). The van der Waals surface area contributed by atoms with E-state index in [4.69, 9.17) is 11.5 Å². The zero-order valence-electron chi connectivity index (χ0n) is 9.83. The largest absolute Gasteiger partial charge is 0.368 e. The molecule has 4 nitrogen and oxygen atoms in total. The Morgan fingerprint density at radius 1 is 1.39 bits per heavy atom. The molecule has 1 unspecified atom stereocenters. The Morgan fingerprint density at radius 3 is 2.72 bits per heavy atom. The number of nitrogens with zero attached hydrogens (tertiary/aromatic N) is 1. The van der Waals surface area contributed by atoms with Crippen LogP contribution in [0, 0.1) is 11.6 Å². The lowest BCUT2D eigenvalue weighted by Gasteiger charge is -2.25. The lowest BCUT2D eigenvalue weighted by Crippen LogP contribution is -2.40. The molecule has 98 valence electrons. The van der Waals surface area contributed by atoms with Crippen LogP contribution in [0.25, 0.3) is 0 Å². The van der Waals surface area contributed by atoms with E-state index in [1.54, 1.807) is 0 Å². The molecule has 0 radical (unpaired) electrons. The van der Waals surface area contributed by atoms with Crippen molar-refractivity contribution in [2.75, 3.05) is 11.4 Å². The number of rotatable bonds is 3. The molecule has 0 saturated carbocycles. The van der Waals surface area contributed by atoms with E-state index in [1.165, 1.54) is 17.0 Å². The predicted molar refractivity (Wildman–Crippen MR) is 63.8 cm³/mol. The Labute approximate surface area is 104 Å². The van der Waals surface area contributed by atoms with Gasteiger partial charge in [-0.1, -0.05) is 6.07 Å². The predicted octanol–water partition coefficient (Wildman–Crippen LogP) is 0.878. The lowest BCUT2D eigenvalue weighted by molar-refractivity contribution is -0.119. The molecule has 1 saturated heterocycles. The highest BCUT2D eigenvalue weighted by Crippen LogP contribution is 2.30. The van der Waals surface area contributed by atoms with Gasteiger partial charge in [0.25, 0.3) is 0 Å². The zero-order valence-corrected chi connectivity index (χ0v) is 9.83. The number of benzene rings is 1. The summed E-state index contributed by atoms with van der Waals surface area (Å²) in [6.07, 6.45) is 1.29. The van der Waals surface area contributed by atoms with Gasteiger partial charge in [0.2, 0.25) is 5.91 Å². The molecule has 0 bridgehead atoms. The van der Waals surface area contributed by atoms with Gasteiger partial charge in [0.05, 0.1) is 5.69 Å². The average molecular weight is 255 g/mol. The van der Waals surface area contributed by atoms with Crippen LogP contribution in [0.1, 0.15) is 18.4 Å². The molecule has 1 heterocycles. The second-order valence-electron chi connectivity index (χ2n) is 4.33. The maximum atomic E-state index is 13.9. The van der Waals surface area contributed by atoms with E-state index in [1.807, 2.05) is 0 Å². The third kappa shape index (κ3) is 2.03. The number of primary amides is 1. The van der Waals surface area contributed by atoms with Gasteiger partial charge in [-0.2, -0.15) is 0 Å². The molecule has 0 aliphatic carbocycles. The van der Waals surface area contributed by atoms with Crippen LogP contribution in [0.3, 0.4) is 0 Å². The quantitative estimate of drug-likeness (QED) is 0.842. The average Bonchev–Trinajstić information content (AvgIpc) is 2.81. The summed E-state index contributed by atoms with van der Waals surface area (Å²) in [7, 11) is 0. The summed E-state index contributed by atoms with van der Waals surface area (Å²) in [6, 6.07) is 2.31. The summed E-state index contributed by atoms with van der Waals surface area (Å²) >= 11 is 0. The first-order valence-electron chi connectivity index (χ1n) is 5.79. The van der Waals surface area contributed by atoms with E-state index < -0.39 is 23.6 Å². The lowest BCUT2D eigenvalue weighted by atomic mass is 10.1. The summed E-state index contributed by atoms with van der Waals surface area (Å²) in [5, 5.41) is 0. The van der Waals surface area contributed by atoms with Crippen molar-refractivity contribution in [3.63, 3.8) is 0 Å². The van der Waals surface area contributed by atoms with Crippen molar-refractivity contribution in [3.8, 4) is 0 Å². The van der Waals surface area contributed by atoms with Crippen molar-refractivity contribution < 1.29 is 13.6 Å². The molecular formula is C12H15F2N3O. The summed E-state index contributed by atoms with van der Waals surface area (Å²) < 4.78 is 27.6. The second kappa shape index (κ2) is 4.89. The summed E-state index contributed by atoms with van der Waals surface area (Å²) in [5.41, 5.74) is 10.7. The fraction of sp³-hybridized carbons (Fsp3) is 0.417. The van der Waals surface area contributed by atoms with Crippen LogP contribution in [0.2, 0.25) is 0 Å². The van der Waals surface area contributed by atoms with Gasteiger partial charge in [-0.15, -0.1) is 0 Å². The van der Waals surface area contributed by atoms with Crippen molar-refractivity contribution >= 4 is 11.6 Å². The van der Waals surface area contributed by atoms with E-state index in [2.05, 4.69) is 0 Å². The number of amides is 1. The number of carbonyl (C=O) groups is 1. The van der Waals surface area contributed by atoms with Crippen molar-refractivity contribution in [2.24, 2.45) is 11.5 Å². The van der Waals surface area contributed by atoms with Gasteiger partial charge < -0.3 is 16.4 Å². The SMILES string of the molecule is NCc1ccc(N2CCCC2C(N)=O)c(F)c1F. The first-order chi connectivity index (χ1) is 8.56. The first kappa shape index (κ1) is 12.8. The van der Waals surface area contributed by atoms with E-state index in [-0.39, 0.29) is 17.8 Å². The van der Waals surface area contributed by atoms with Crippen molar-refractivity contribution in [1.82, 2.24) is 0 Å². The molecule has 18 heavy (non-hydrogen) atoms. The van der Waals surface area contributed by atoms with Crippen LogP contribution < -0.4 is 16.4 Å². The third-order valence-corrected chi connectivity index (χ3v) is 3.25. The van der Waals surface area contributed by atoms with Gasteiger partial charge in [-0.05, 0) is 18.9 Å². The minimum atomic E-state index is -0.967. The number of hydrogen-bond donors (Lipinski definition) is 2. The molecule has 0 spiro atoms. The molecule has 1 fully saturated rings. The minimum Gasteiger partial charge on any atom is -0.368 e. The maximum Gasteiger partial charge on any atom is 0.240 e. The molecule has 4 N–H and O–H groups in total. The Kier molecular flexibility index (Phi) is 3.47. The Morgan fingerprint density at radius 2 is 2.11 bits per heavy atom. The molecule has 1 aromatic carbocycles. The van der Waals surface area contributed by atoms with E-state index in [9.17, 15) is 13.6 Å². The molecular weight excluding hydrogens is 240 g/mol. The van der Waals surface area contributed by atoms with Crippen molar-refractivity contribution in [3.05, 3.63) is 29.3 Å². The summed E-state index contributed by atoms with van der Waals surface area (Å²) in [5.74, 6) is -2.44. The van der Waals surface area contributed by atoms with Gasteiger partial charge in [0, 0.05) is 18.7 Å². The number of carbonyl (C=O) groups excluding carboxylic acids is 1. The molecule has 1 aromatic rings. The number of hydrogen-bond acceptors (Lipinski definition) is 3.